The molecule has 0 bridgehead atoms. The third-order valence-corrected chi connectivity index (χ3v) is 9.74. The summed E-state index contributed by atoms with van der Waals surface area (Å²) in [4.78, 5) is 0. The molecule has 152 valence electrons. The molecule has 3 aromatic carbocycles. The monoisotopic (exact) mass is 486 g/mol. The second kappa shape index (κ2) is 9.21. The van der Waals surface area contributed by atoms with Gasteiger partial charge in [-0.15, -0.1) is 0 Å². The minimum atomic E-state index is -4.56. The average Bonchev–Trinajstić information content (AvgIpc) is 2.75. The number of hydrogen-bond acceptors (Lipinski definition) is 4. The van der Waals surface area contributed by atoms with Crippen LogP contribution in [0.3, 0.4) is 0 Å². The number of allylic oxidation sites excluding steroid dienone is 3. The van der Waals surface area contributed by atoms with Gasteiger partial charge in [0.1, 0.15) is 0 Å². The number of halogens is 1. The molecule has 3 aromatic rings. The number of benzene rings is 3. The Balaban J connectivity index is 1.89. The first-order chi connectivity index (χ1) is 14.5. The van der Waals surface area contributed by atoms with Crippen molar-refractivity contribution in [3.63, 3.8) is 0 Å². The van der Waals surface area contributed by atoms with Gasteiger partial charge in [-0.05, 0) is 0 Å². The Bertz CT molecular complexity index is 1100. The fourth-order valence-corrected chi connectivity index (χ4v) is 8.43. The summed E-state index contributed by atoms with van der Waals surface area (Å²) in [6.45, 7) is 0. The van der Waals surface area contributed by atoms with E-state index in [4.69, 9.17) is 3.37 Å². The Kier molecular flexibility index (Phi) is 6.42. The van der Waals surface area contributed by atoms with Gasteiger partial charge in [0.05, 0.1) is 0 Å². The van der Waals surface area contributed by atoms with E-state index in [9.17, 15) is 14.0 Å². The summed E-state index contributed by atoms with van der Waals surface area (Å²) >= 11 is -2.62. The molecule has 0 radical (unpaired) electrons. The molecule has 0 aromatic heterocycles. The molecule has 1 atom stereocenters. The van der Waals surface area contributed by atoms with E-state index >= 15 is 0 Å². The number of hydrogen-bond donors (Lipinski definition) is 0. The summed E-state index contributed by atoms with van der Waals surface area (Å²) in [5, 5.41) is 0. The van der Waals surface area contributed by atoms with Crippen LogP contribution in [0, 0.1) is 10.2 Å². The molecule has 30 heavy (non-hydrogen) atoms. The van der Waals surface area contributed by atoms with Gasteiger partial charge < -0.3 is 0 Å². The van der Waals surface area contributed by atoms with E-state index in [-0.39, 0.29) is 0 Å². The summed E-state index contributed by atoms with van der Waals surface area (Å²) < 4.78 is 41.5. The quantitative estimate of drug-likeness (QED) is 0.496. The third-order valence-electron chi connectivity index (χ3n) is 4.54. The van der Waals surface area contributed by atoms with Gasteiger partial charge in [0.2, 0.25) is 0 Å². The van der Waals surface area contributed by atoms with Gasteiger partial charge in [0.15, 0.2) is 0 Å². The molecule has 6 heteroatoms. The molecule has 0 amide bonds. The van der Waals surface area contributed by atoms with E-state index in [1.165, 1.54) is 0 Å². The Hall–Kier alpha value is -2.34. The van der Waals surface area contributed by atoms with Crippen molar-refractivity contribution in [1.29, 1.82) is 0 Å². The summed E-state index contributed by atoms with van der Waals surface area (Å²) in [5.41, 5.74) is 3.89. The molecular weight excluding hydrogens is 467 g/mol. The Morgan fingerprint density at radius 3 is 1.77 bits per heavy atom. The van der Waals surface area contributed by atoms with E-state index in [1.807, 2.05) is 91.0 Å². The van der Waals surface area contributed by atoms with Crippen molar-refractivity contribution in [2.45, 2.75) is 6.42 Å². The van der Waals surface area contributed by atoms with Gasteiger partial charge in [-0.1, -0.05) is 0 Å². The molecule has 0 aliphatic carbocycles. The van der Waals surface area contributed by atoms with E-state index in [0.717, 1.165) is 31.2 Å². The van der Waals surface area contributed by atoms with E-state index < -0.39 is 24.0 Å². The van der Waals surface area contributed by atoms with Crippen LogP contribution in [-0.2, 0) is 9.79 Å². The molecule has 4 nitrogen and oxygen atoms in total. The molecule has 4 rings (SSSR count). The summed E-state index contributed by atoms with van der Waals surface area (Å²) in [6.07, 6.45) is 4.63. The van der Waals surface area contributed by atoms with E-state index in [1.54, 1.807) is 0 Å². The van der Waals surface area contributed by atoms with Gasteiger partial charge in [0, 0.05) is 0 Å². The molecule has 0 spiro atoms. The fourth-order valence-electron chi connectivity index (χ4n) is 3.27. The average molecular weight is 486 g/mol. The molecule has 1 aliphatic heterocycles. The van der Waals surface area contributed by atoms with Gasteiger partial charge in [0.25, 0.3) is 0 Å². The Labute approximate surface area is 181 Å². The van der Waals surface area contributed by atoms with Crippen molar-refractivity contribution < 1.29 is 27.6 Å². The predicted octanol–water partition coefficient (Wildman–Crippen LogP) is 1.50. The molecule has 0 N–H and O–H groups in total. The Morgan fingerprint density at radius 2 is 1.20 bits per heavy atom. The first kappa shape index (κ1) is 20.9. The van der Waals surface area contributed by atoms with Gasteiger partial charge in [-0.25, -0.2) is 0 Å². The van der Waals surface area contributed by atoms with Gasteiger partial charge >= 0.3 is 182 Å². The zero-order valence-corrected chi connectivity index (χ0v) is 18.4. The topological polar surface area (TPSA) is 78.4 Å². The molecule has 1 heterocycles. The van der Waals surface area contributed by atoms with Crippen molar-refractivity contribution >= 4 is 22.7 Å². The first-order valence-electron chi connectivity index (χ1n) is 9.29. The van der Waals surface area contributed by atoms with Gasteiger partial charge in [-0.3, -0.25) is 0 Å². The van der Waals surface area contributed by atoms with Gasteiger partial charge in [-0.2, -0.15) is 0 Å². The number of rotatable bonds is 6. The van der Waals surface area contributed by atoms with Crippen LogP contribution in [0.2, 0.25) is 0 Å². The summed E-state index contributed by atoms with van der Waals surface area (Å²) in [5.74, 6) is 0. The maximum absolute atomic E-state index is 11.6. The second-order valence-electron chi connectivity index (χ2n) is 6.70. The third kappa shape index (κ3) is 5.22. The van der Waals surface area contributed by atoms with Crippen LogP contribution >= 0.6 is 0 Å². The zero-order valence-electron chi connectivity index (χ0n) is 15.9. The SMILES string of the molecule is [O-][Cl+3]([O-])([O-])O[Se]1=C(c2ccccc2)C=C(Cc2ccccc2)C=C1c1ccccc1. The van der Waals surface area contributed by atoms with Crippen LogP contribution in [0.4, 0.5) is 0 Å². The molecule has 0 saturated heterocycles. The first-order valence-corrected chi connectivity index (χ1v) is 12.9. The zero-order chi connectivity index (χ0) is 21.0. The van der Waals surface area contributed by atoms with Crippen LogP contribution in [0.15, 0.2) is 109 Å². The normalized spacial score (nSPS) is 16.8. The molecule has 1 aliphatic rings. The van der Waals surface area contributed by atoms with E-state index in [2.05, 4.69) is 12.1 Å². The van der Waals surface area contributed by atoms with Crippen LogP contribution in [0.1, 0.15) is 16.7 Å². The van der Waals surface area contributed by atoms with Crippen molar-refractivity contribution in [3.05, 3.63) is 125 Å². The summed E-state index contributed by atoms with van der Waals surface area (Å²) in [6, 6.07) is 29.1. The van der Waals surface area contributed by atoms with Crippen molar-refractivity contribution in [2.24, 2.45) is 0 Å². The second-order valence-corrected chi connectivity index (χ2v) is 11.3. The predicted molar refractivity (Wildman–Crippen MR) is 110 cm³/mol. The molecule has 1 unspecified atom stereocenters. The van der Waals surface area contributed by atoms with Crippen molar-refractivity contribution in [1.82, 2.24) is 0 Å². The van der Waals surface area contributed by atoms with Crippen LogP contribution in [-0.4, -0.2) is 18.2 Å². The van der Waals surface area contributed by atoms with Crippen molar-refractivity contribution in [2.75, 3.05) is 0 Å². The molecular formula is C24H19ClO4Se. The maximum atomic E-state index is 11.6. The molecule has 0 fully saturated rings. The standard InChI is InChI=1S/C24H19ClO4Se/c26-25(27,28)29-30-23(21-12-6-2-7-13-21)17-20(16-19-10-4-1-5-11-19)18-24(30)22-14-8-3-9-15-22/h1-15,17-18H,16H2. The Morgan fingerprint density at radius 1 is 0.667 bits per heavy atom. The fraction of sp³-hybridized carbons (Fsp3) is 0.0417. The van der Waals surface area contributed by atoms with Crippen LogP contribution in [0.5, 0.6) is 0 Å². The summed E-state index contributed by atoms with van der Waals surface area (Å²) in [7, 11) is -4.56. The van der Waals surface area contributed by atoms with E-state index in [0.29, 0.717) is 6.42 Å². The van der Waals surface area contributed by atoms with Crippen molar-refractivity contribution in [3.8, 4) is 0 Å². The molecule has 0 saturated carbocycles. The van der Waals surface area contributed by atoms with Crippen LogP contribution in [0.25, 0.3) is 4.47 Å². The minimum absolute atomic E-state index is 0.689. The van der Waals surface area contributed by atoms with Crippen LogP contribution < -0.4 is 14.0 Å².